The number of aromatic nitrogens is 3. The van der Waals surface area contributed by atoms with Crippen LogP contribution in [0, 0.1) is 19.8 Å². The standard InChI is InChI=1S/C23H28N4O2/c1-5-29-23(28)20-12-24-21-16(3)8-15(2)9-19(21)22(20)27-7-6-17(14-27)10-18-11-25-26(4)13-18/h8-9,11-13,17H,5-7,10,14H2,1-4H3. The monoisotopic (exact) mass is 392 g/mol. The van der Waals surface area contributed by atoms with E-state index in [2.05, 4.69) is 47.2 Å². The smallest absolute Gasteiger partial charge is 0.341 e. The first-order valence-electron chi connectivity index (χ1n) is 10.3. The minimum atomic E-state index is -0.299. The fourth-order valence-electron chi connectivity index (χ4n) is 4.46. The quantitative estimate of drug-likeness (QED) is 0.618. The van der Waals surface area contributed by atoms with Crippen LogP contribution in [0.4, 0.5) is 5.69 Å². The zero-order valence-electron chi connectivity index (χ0n) is 17.6. The van der Waals surface area contributed by atoms with E-state index in [1.54, 1.807) is 6.20 Å². The van der Waals surface area contributed by atoms with E-state index in [1.165, 1.54) is 11.1 Å². The van der Waals surface area contributed by atoms with Crippen molar-refractivity contribution in [2.45, 2.75) is 33.6 Å². The summed E-state index contributed by atoms with van der Waals surface area (Å²) in [4.78, 5) is 19.7. The van der Waals surface area contributed by atoms with Crippen molar-refractivity contribution in [3.63, 3.8) is 0 Å². The summed E-state index contributed by atoms with van der Waals surface area (Å²) in [6.45, 7) is 8.18. The molecule has 152 valence electrons. The number of hydrogen-bond donors (Lipinski definition) is 0. The van der Waals surface area contributed by atoms with Gasteiger partial charge in [-0.1, -0.05) is 11.6 Å². The Morgan fingerprint density at radius 2 is 2.10 bits per heavy atom. The molecule has 0 aliphatic carbocycles. The van der Waals surface area contributed by atoms with E-state index in [0.29, 0.717) is 18.1 Å². The first-order valence-corrected chi connectivity index (χ1v) is 10.3. The number of hydrogen-bond acceptors (Lipinski definition) is 5. The van der Waals surface area contributed by atoms with Crippen LogP contribution in [-0.2, 0) is 18.2 Å². The molecular formula is C23H28N4O2. The molecule has 4 rings (SSSR count). The molecular weight excluding hydrogens is 364 g/mol. The molecule has 1 saturated heterocycles. The van der Waals surface area contributed by atoms with Gasteiger partial charge in [-0.2, -0.15) is 5.10 Å². The van der Waals surface area contributed by atoms with Crippen LogP contribution < -0.4 is 4.90 Å². The Balaban J connectivity index is 1.72. The molecule has 1 aliphatic rings. The molecule has 3 heterocycles. The second-order valence-corrected chi connectivity index (χ2v) is 8.05. The fraction of sp³-hybridized carbons (Fsp3) is 0.435. The zero-order valence-corrected chi connectivity index (χ0v) is 17.6. The molecule has 1 unspecified atom stereocenters. The number of fused-ring (bicyclic) bond motifs is 1. The maximum atomic E-state index is 12.7. The van der Waals surface area contributed by atoms with E-state index >= 15 is 0 Å². The third-order valence-electron chi connectivity index (χ3n) is 5.66. The van der Waals surface area contributed by atoms with E-state index in [0.717, 1.165) is 48.1 Å². The summed E-state index contributed by atoms with van der Waals surface area (Å²) in [5.41, 5.74) is 6.04. The van der Waals surface area contributed by atoms with Crippen LogP contribution in [0.3, 0.4) is 0 Å². The number of anilines is 1. The van der Waals surface area contributed by atoms with Gasteiger partial charge in [0, 0.05) is 37.9 Å². The van der Waals surface area contributed by atoms with E-state index < -0.39 is 0 Å². The van der Waals surface area contributed by atoms with Crippen LogP contribution in [0.5, 0.6) is 0 Å². The van der Waals surface area contributed by atoms with E-state index in [1.807, 2.05) is 24.9 Å². The molecule has 0 saturated carbocycles. The molecule has 1 atom stereocenters. The molecule has 6 heteroatoms. The summed E-state index contributed by atoms with van der Waals surface area (Å²) in [5.74, 6) is 0.232. The van der Waals surface area contributed by atoms with Gasteiger partial charge in [-0.25, -0.2) is 4.79 Å². The highest BCUT2D eigenvalue weighted by Gasteiger charge is 2.29. The van der Waals surface area contributed by atoms with E-state index in [9.17, 15) is 4.79 Å². The fourth-order valence-corrected chi connectivity index (χ4v) is 4.46. The molecule has 0 amide bonds. The molecule has 0 bridgehead atoms. The second-order valence-electron chi connectivity index (χ2n) is 8.05. The number of pyridine rings is 1. The number of aryl methyl sites for hydroxylation is 3. The summed E-state index contributed by atoms with van der Waals surface area (Å²) in [6, 6.07) is 4.28. The Bertz CT molecular complexity index is 1060. The number of benzene rings is 1. The largest absolute Gasteiger partial charge is 0.462 e. The van der Waals surface area contributed by atoms with Gasteiger partial charge in [-0.15, -0.1) is 0 Å². The molecule has 1 fully saturated rings. The molecule has 1 aromatic carbocycles. The number of carbonyl (C=O) groups is 1. The summed E-state index contributed by atoms with van der Waals surface area (Å²) in [6.07, 6.45) is 7.81. The van der Waals surface area contributed by atoms with Gasteiger partial charge >= 0.3 is 5.97 Å². The van der Waals surface area contributed by atoms with E-state index in [4.69, 9.17) is 4.74 Å². The van der Waals surface area contributed by atoms with Crippen LogP contribution in [-0.4, -0.2) is 40.4 Å². The lowest BCUT2D eigenvalue weighted by molar-refractivity contribution is 0.0527. The van der Waals surface area contributed by atoms with Crippen molar-refractivity contribution < 1.29 is 9.53 Å². The highest BCUT2D eigenvalue weighted by molar-refractivity contribution is 6.06. The predicted octanol–water partition coefficient (Wildman–Crippen LogP) is 3.83. The van der Waals surface area contributed by atoms with E-state index in [-0.39, 0.29) is 5.97 Å². The molecule has 3 aromatic rings. The topological polar surface area (TPSA) is 60.2 Å². The van der Waals surface area contributed by atoms with Gasteiger partial charge in [0.2, 0.25) is 0 Å². The molecule has 29 heavy (non-hydrogen) atoms. The van der Waals surface area contributed by atoms with Gasteiger partial charge in [0.1, 0.15) is 5.56 Å². The van der Waals surface area contributed by atoms with Crippen molar-refractivity contribution in [2.75, 3.05) is 24.6 Å². The molecule has 2 aromatic heterocycles. The SMILES string of the molecule is CCOC(=O)c1cnc2c(C)cc(C)cc2c1N1CCC(Cc2cnn(C)c2)C1. The molecule has 6 nitrogen and oxygen atoms in total. The van der Waals surface area contributed by atoms with Gasteiger partial charge in [-0.05, 0) is 56.7 Å². The number of rotatable bonds is 5. The Labute approximate surface area is 171 Å². The summed E-state index contributed by atoms with van der Waals surface area (Å²) >= 11 is 0. The summed E-state index contributed by atoms with van der Waals surface area (Å²) in [5, 5.41) is 5.32. The highest BCUT2D eigenvalue weighted by atomic mass is 16.5. The van der Waals surface area contributed by atoms with Crippen molar-refractivity contribution >= 4 is 22.6 Å². The lowest BCUT2D eigenvalue weighted by Gasteiger charge is -2.24. The number of carbonyl (C=O) groups excluding carboxylic acids is 1. The number of esters is 1. The highest BCUT2D eigenvalue weighted by Crippen LogP contribution is 2.36. The molecule has 0 N–H and O–H groups in total. The maximum absolute atomic E-state index is 12.7. The van der Waals surface area contributed by atoms with Crippen LogP contribution in [0.15, 0.2) is 30.7 Å². The number of nitrogens with zero attached hydrogens (tertiary/aromatic N) is 4. The van der Waals surface area contributed by atoms with Crippen molar-refractivity contribution in [2.24, 2.45) is 13.0 Å². The molecule has 1 aliphatic heterocycles. The van der Waals surface area contributed by atoms with Crippen molar-refractivity contribution in [3.05, 3.63) is 53.0 Å². The van der Waals surface area contributed by atoms with Gasteiger partial charge in [0.15, 0.2) is 0 Å². The first kappa shape index (κ1) is 19.4. The molecule has 0 radical (unpaired) electrons. The van der Waals surface area contributed by atoms with Crippen LogP contribution in [0.25, 0.3) is 10.9 Å². The van der Waals surface area contributed by atoms with Gasteiger partial charge in [0.05, 0.1) is 24.0 Å². The van der Waals surface area contributed by atoms with Crippen molar-refractivity contribution in [3.8, 4) is 0 Å². The summed E-state index contributed by atoms with van der Waals surface area (Å²) in [7, 11) is 1.95. The minimum Gasteiger partial charge on any atom is -0.462 e. The Morgan fingerprint density at radius 3 is 2.83 bits per heavy atom. The third-order valence-corrected chi connectivity index (χ3v) is 5.66. The van der Waals surface area contributed by atoms with Crippen molar-refractivity contribution in [1.82, 2.24) is 14.8 Å². The maximum Gasteiger partial charge on any atom is 0.341 e. The Hall–Kier alpha value is -2.89. The Kier molecular flexibility index (Phi) is 5.26. The number of ether oxygens (including phenoxy) is 1. The lowest BCUT2D eigenvalue weighted by Crippen LogP contribution is -2.24. The van der Waals surface area contributed by atoms with Gasteiger partial charge < -0.3 is 9.64 Å². The zero-order chi connectivity index (χ0) is 20.5. The molecule has 0 spiro atoms. The van der Waals surface area contributed by atoms with Gasteiger partial charge in [-0.3, -0.25) is 9.67 Å². The van der Waals surface area contributed by atoms with Crippen LogP contribution in [0.2, 0.25) is 0 Å². The van der Waals surface area contributed by atoms with Crippen molar-refractivity contribution in [1.29, 1.82) is 0 Å². The second kappa shape index (κ2) is 7.85. The first-order chi connectivity index (χ1) is 14.0. The van der Waals surface area contributed by atoms with Gasteiger partial charge in [0.25, 0.3) is 0 Å². The third kappa shape index (κ3) is 3.84. The lowest BCUT2D eigenvalue weighted by atomic mass is 10.0. The van der Waals surface area contributed by atoms with Crippen LogP contribution in [0.1, 0.15) is 40.4 Å². The summed E-state index contributed by atoms with van der Waals surface area (Å²) < 4.78 is 7.20. The predicted molar refractivity (Wildman–Crippen MR) is 114 cm³/mol. The average molecular weight is 393 g/mol. The average Bonchev–Trinajstić information content (AvgIpc) is 3.30. The van der Waals surface area contributed by atoms with Crippen LogP contribution >= 0.6 is 0 Å². The minimum absolute atomic E-state index is 0.299. The Morgan fingerprint density at radius 1 is 1.28 bits per heavy atom. The normalized spacial score (nSPS) is 16.6.